The van der Waals surface area contributed by atoms with Crippen molar-refractivity contribution in [1.29, 1.82) is 0 Å². The fraction of sp³-hybridized carbons (Fsp3) is 0.290. The first-order chi connectivity index (χ1) is 18.2. The number of ether oxygens (including phenoxy) is 1. The lowest BCUT2D eigenvalue weighted by atomic mass is 9.88. The summed E-state index contributed by atoms with van der Waals surface area (Å²) in [6.45, 7) is 0.406. The summed E-state index contributed by atoms with van der Waals surface area (Å²) in [6, 6.07) is 22.3. The molecular formula is C31H33NO5S. The van der Waals surface area contributed by atoms with Crippen LogP contribution in [0.1, 0.15) is 43.2 Å². The molecule has 0 heterocycles. The molecule has 198 valence electrons. The van der Waals surface area contributed by atoms with Crippen LogP contribution in [0.5, 0.6) is 0 Å². The van der Waals surface area contributed by atoms with Crippen LogP contribution in [0.3, 0.4) is 0 Å². The van der Waals surface area contributed by atoms with E-state index in [0.29, 0.717) is 6.54 Å². The maximum Gasteiger partial charge on any atom is 0.330 e. The smallest absolute Gasteiger partial charge is 0.330 e. The van der Waals surface area contributed by atoms with Crippen molar-refractivity contribution in [2.45, 2.75) is 43.5 Å². The van der Waals surface area contributed by atoms with Crippen molar-refractivity contribution in [3.8, 4) is 11.1 Å². The first-order valence-corrected chi connectivity index (χ1v) is 14.7. The highest BCUT2D eigenvalue weighted by atomic mass is 32.2. The molecule has 0 aliphatic heterocycles. The largest absolute Gasteiger partial charge is 0.466 e. The minimum Gasteiger partial charge on any atom is -0.466 e. The highest BCUT2D eigenvalue weighted by molar-refractivity contribution is 7.90. The van der Waals surface area contributed by atoms with Gasteiger partial charge in [0.25, 0.3) is 0 Å². The van der Waals surface area contributed by atoms with Gasteiger partial charge in [0.2, 0.25) is 5.91 Å². The van der Waals surface area contributed by atoms with E-state index in [1.165, 1.54) is 25.9 Å². The fourth-order valence-corrected chi connectivity index (χ4v) is 5.45. The molecule has 1 fully saturated rings. The second-order valence-corrected chi connectivity index (χ2v) is 11.7. The predicted molar refractivity (Wildman–Crippen MR) is 150 cm³/mol. The molecule has 6 nitrogen and oxygen atoms in total. The molecule has 0 N–H and O–H groups in total. The van der Waals surface area contributed by atoms with E-state index in [9.17, 15) is 18.0 Å². The molecule has 0 aromatic heterocycles. The molecule has 1 amide bonds. The van der Waals surface area contributed by atoms with E-state index in [2.05, 4.69) is 0 Å². The standard InChI is InChI=1S/C31H33NO5S/c1-37-30(33)19-16-23-8-6-12-28(20-23)32(31(34)26-9-4-3-5-10-26)22-24-14-17-25(18-15-24)27-11-7-13-29(21-27)38(2,35)36/h6-8,11-21,26H,3-5,9-10,22H2,1-2H3/b19-16+. The van der Waals surface area contributed by atoms with Crippen LogP contribution in [-0.4, -0.2) is 33.7 Å². The Morgan fingerprint density at radius 1 is 0.921 bits per heavy atom. The van der Waals surface area contributed by atoms with E-state index in [1.807, 2.05) is 59.5 Å². The number of benzene rings is 3. The number of sulfone groups is 1. The second kappa shape index (κ2) is 12.2. The topological polar surface area (TPSA) is 80.8 Å². The maximum absolute atomic E-state index is 13.7. The molecule has 1 aliphatic rings. The number of hydrogen-bond acceptors (Lipinski definition) is 5. The molecule has 0 bridgehead atoms. The number of nitrogens with zero attached hydrogens (tertiary/aromatic N) is 1. The van der Waals surface area contributed by atoms with Gasteiger partial charge in [-0.15, -0.1) is 0 Å². The molecule has 1 aliphatic carbocycles. The van der Waals surface area contributed by atoms with Crippen LogP contribution in [-0.2, 0) is 30.7 Å². The summed E-state index contributed by atoms with van der Waals surface area (Å²) < 4.78 is 28.6. The molecule has 7 heteroatoms. The summed E-state index contributed by atoms with van der Waals surface area (Å²) in [5, 5.41) is 0. The lowest BCUT2D eigenvalue weighted by molar-refractivity contribution is -0.134. The average Bonchev–Trinajstić information content (AvgIpc) is 2.95. The van der Waals surface area contributed by atoms with Crippen LogP contribution < -0.4 is 4.90 Å². The summed E-state index contributed by atoms with van der Waals surface area (Å²) in [6.07, 6.45) is 9.33. The monoisotopic (exact) mass is 531 g/mol. The molecule has 4 rings (SSSR count). The molecular weight excluding hydrogens is 498 g/mol. The lowest BCUT2D eigenvalue weighted by Gasteiger charge is -2.30. The molecule has 0 radical (unpaired) electrons. The summed E-state index contributed by atoms with van der Waals surface area (Å²) in [5.74, 6) is -0.326. The Bertz CT molecular complexity index is 1420. The van der Waals surface area contributed by atoms with Gasteiger partial charge in [-0.25, -0.2) is 13.2 Å². The zero-order valence-electron chi connectivity index (χ0n) is 21.8. The number of anilines is 1. The zero-order chi connectivity index (χ0) is 27.1. The van der Waals surface area contributed by atoms with Crippen molar-refractivity contribution in [2.24, 2.45) is 5.92 Å². The van der Waals surface area contributed by atoms with E-state index in [4.69, 9.17) is 4.74 Å². The second-order valence-electron chi connectivity index (χ2n) is 9.71. The van der Waals surface area contributed by atoms with Crippen molar-refractivity contribution in [3.05, 3.63) is 90.0 Å². The zero-order valence-corrected chi connectivity index (χ0v) is 22.6. The fourth-order valence-electron chi connectivity index (χ4n) is 4.79. The molecule has 3 aromatic carbocycles. The number of amides is 1. The number of carbonyl (C=O) groups excluding carboxylic acids is 2. The van der Waals surface area contributed by atoms with Crippen LogP contribution in [0.15, 0.2) is 83.8 Å². The van der Waals surface area contributed by atoms with Crippen molar-refractivity contribution >= 4 is 33.5 Å². The highest BCUT2D eigenvalue weighted by Crippen LogP contribution is 2.30. The highest BCUT2D eigenvalue weighted by Gasteiger charge is 2.27. The van der Waals surface area contributed by atoms with E-state index >= 15 is 0 Å². The molecule has 3 aromatic rings. The summed E-state index contributed by atoms with van der Waals surface area (Å²) in [4.78, 5) is 27.4. The first kappa shape index (κ1) is 27.3. The SMILES string of the molecule is COC(=O)/C=C/c1cccc(N(Cc2ccc(-c3cccc(S(C)(=O)=O)c3)cc2)C(=O)C2CCCCC2)c1. The Balaban J connectivity index is 1.61. The lowest BCUT2D eigenvalue weighted by Crippen LogP contribution is -2.36. The van der Waals surface area contributed by atoms with Gasteiger partial charge in [-0.3, -0.25) is 4.79 Å². The third kappa shape index (κ3) is 6.98. The molecule has 0 unspecified atom stereocenters. The van der Waals surface area contributed by atoms with E-state index < -0.39 is 15.8 Å². The van der Waals surface area contributed by atoms with Gasteiger partial charge in [0, 0.05) is 23.9 Å². The minimum atomic E-state index is -3.30. The average molecular weight is 532 g/mol. The Morgan fingerprint density at radius 3 is 2.32 bits per heavy atom. The summed E-state index contributed by atoms with van der Waals surface area (Å²) in [5.41, 5.74) is 4.26. The van der Waals surface area contributed by atoms with Crippen LogP contribution in [0.4, 0.5) is 5.69 Å². The summed E-state index contributed by atoms with van der Waals surface area (Å²) >= 11 is 0. The maximum atomic E-state index is 13.7. The Morgan fingerprint density at radius 2 is 1.63 bits per heavy atom. The Labute approximate surface area is 224 Å². The van der Waals surface area contributed by atoms with E-state index in [0.717, 1.165) is 53.6 Å². The van der Waals surface area contributed by atoms with Gasteiger partial charge in [0.1, 0.15) is 0 Å². The molecule has 1 saturated carbocycles. The number of carbonyl (C=O) groups is 2. The van der Waals surface area contributed by atoms with E-state index in [-0.39, 0.29) is 16.7 Å². The van der Waals surface area contributed by atoms with Crippen LogP contribution in [0, 0.1) is 5.92 Å². The number of methoxy groups -OCH3 is 1. The van der Waals surface area contributed by atoms with Gasteiger partial charge in [-0.05, 0) is 65.4 Å². The Hall–Kier alpha value is -3.71. The Kier molecular flexibility index (Phi) is 8.79. The quantitative estimate of drug-likeness (QED) is 0.261. The number of hydrogen-bond donors (Lipinski definition) is 0. The van der Waals surface area contributed by atoms with Gasteiger partial charge in [0.05, 0.1) is 18.6 Å². The number of rotatable bonds is 8. The molecule has 38 heavy (non-hydrogen) atoms. The van der Waals surface area contributed by atoms with Crippen LogP contribution in [0.25, 0.3) is 17.2 Å². The third-order valence-electron chi connectivity index (χ3n) is 6.91. The first-order valence-electron chi connectivity index (χ1n) is 12.8. The van der Waals surface area contributed by atoms with Gasteiger partial charge in [-0.2, -0.15) is 0 Å². The van der Waals surface area contributed by atoms with Crippen molar-refractivity contribution < 1.29 is 22.7 Å². The minimum absolute atomic E-state index is 0.00368. The molecule has 0 saturated heterocycles. The molecule has 0 spiro atoms. The predicted octanol–water partition coefficient (Wildman–Crippen LogP) is 6.06. The van der Waals surface area contributed by atoms with Crippen molar-refractivity contribution in [3.63, 3.8) is 0 Å². The molecule has 0 atom stereocenters. The van der Waals surface area contributed by atoms with Crippen molar-refractivity contribution in [1.82, 2.24) is 0 Å². The van der Waals surface area contributed by atoms with Gasteiger partial charge in [-0.1, -0.05) is 67.8 Å². The summed E-state index contributed by atoms with van der Waals surface area (Å²) in [7, 11) is -1.96. The van der Waals surface area contributed by atoms with Crippen LogP contribution in [0.2, 0.25) is 0 Å². The third-order valence-corrected chi connectivity index (χ3v) is 8.02. The van der Waals surface area contributed by atoms with Crippen LogP contribution >= 0.6 is 0 Å². The van der Waals surface area contributed by atoms with E-state index in [1.54, 1.807) is 24.3 Å². The van der Waals surface area contributed by atoms with Crippen molar-refractivity contribution in [2.75, 3.05) is 18.3 Å². The van der Waals surface area contributed by atoms with Gasteiger partial charge < -0.3 is 9.64 Å². The normalized spacial score (nSPS) is 14.4. The van der Waals surface area contributed by atoms with Gasteiger partial charge >= 0.3 is 5.97 Å². The number of esters is 1. The van der Waals surface area contributed by atoms with Gasteiger partial charge in [0.15, 0.2) is 9.84 Å².